The maximum absolute atomic E-state index is 10.4. The Bertz CT molecular complexity index is 403. The van der Waals surface area contributed by atoms with Gasteiger partial charge in [-0.25, -0.2) is 0 Å². The molecule has 0 spiro atoms. The molecule has 3 heteroatoms. The van der Waals surface area contributed by atoms with Crippen LogP contribution in [-0.2, 0) is 0 Å². The van der Waals surface area contributed by atoms with Crippen molar-refractivity contribution in [1.29, 1.82) is 0 Å². The molecule has 0 amide bonds. The van der Waals surface area contributed by atoms with E-state index in [1.165, 1.54) is 16.0 Å². The molecule has 1 saturated carbocycles. The summed E-state index contributed by atoms with van der Waals surface area (Å²) in [6, 6.07) is 6.44. The van der Waals surface area contributed by atoms with Crippen molar-refractivity contribution in [2.24, 2.45) is 11.7 Å². The summed E-state index contributed by atoms with van der Waals surface area (Å²) in [4.78, 5) is 1.26. The van der Waals surface area contributed by atoms with E-state index < -0.39 is 5.60 Å². The van der Waals surface area contributed by atoms with Crippen molar-refractivity contribution in [3.63, 3.8) is 0 Å². The molecule has 1 fully saturated rings. The standard InChI is InChI=1S/C14H21NOS/c1-10-3-4-11(2)13(7-10)17-9-14(16,8-15)12-5-6-12/h3-4,7,12,16H,5-6,8-9,15H2,1-2H3. The number of benzene rings is 1. The maximum Gasteiger partial charge on any atom is 0.0890 e. The summed E-state index contributed by atoms with van der Waals surface area (Å²) < 4.78 is 0. The van der Waals surface area contributed by atoms with E-state index in [2.05, 4.69) is 32.0 Å². The van der Waals surface area contributed by atoms with Crippen molar-refractivity contribution in [3.8, 4) is 0 Å². The zero-order valence-corrected chi connectivity index (χ0v) is 11.4. The van der Waals surface area contributed by atoms with Crippen molar-refractivity contribution >= 4 is 11.8 Å². The summed E-state index contributed by atoms with van der Waals surface area (Å²) >= 11 is 1.73. The number of hydrogen-bond acceptors (Lipinski definition) is 3. The van der Waals surface area contributed by atoms with Gasteiger partial charge in [0.15, 0.2) is 0 Å². The molecule has 1 unspecified atom stereocenters. The smallest absolute Gasteiger partial charge is 0.0890 e. The van der Waals surface area contributed by atoms with Crippen LogP contribution in [0.1, 0.15) is 24.0 Å². The predicted molar refractivity (Wildman–Crippen MR) is 73.4 cm³/mol. The Morgan fingerprint density at radius 1 is 1.41 bits per heavy atom. The summed E-state index contributed by atoms with van der Waals surface area (Å²) in [5, 5.41) is 10.4. The zero-order chi connectivity index (χ0) is 12.5. The monoisotopic (exact) mass is 251 g/mol. The van der Waals surface area contributed by atoms with Gasteiger partial charge in [-0.3, -0.25) is 0 Å². The lowest BCUT2D eigenvalue weighted by Gasteiger charge is -2.26. The highest BCUT2D eigenvalue weighted by molar-refractivity contribution is 7.99. The molecule has 1 aliphatic rings. The second-order valence-corrected chi connectivity index (χ2v) is 6.16. The third-order valence-corrected chi connectivity index (χ3v) is 4.91. The normalized spacial score (nSPS) is 19.1. The fraction of sp³-hybridized carbons (Fsp3) is 0.571. The number of thioether (sulfide) groups is 1. The highest BCUT2D eigenvalue weighted by Crippen LogP contribution is 2.42. The Morgan fingerprint density at radius 2 is 2.12 bits per heavy atom. The largest absolute Gasteiger partial charge is 0.387 e. The average molecular weight is 251 g/mol. The van der Waals surface area contributed by atoms with Gasteiger partial charge >= 0.3 is 0 Å². The van der Waals surface area contributed by atoms with E-state index in [1.54, 1.807) is 11.8 Å². The van der Waals surface area contributed by atoms with Crippen LogP contribution in [0.4, 0.5) is 0 Å². The number of aryl methyl sites for hydroxylation is 2. The second-order valence-electron chi connectivity index (χ2n) is 5.14. The van der Waals surface area contributed by atoms with Crippen LogP contribution in [0.15, 0.2) is 23.1 Å². The van der Waals surface area contributed by atoms with Crippen molar-refractivity contribution in [2.75, 3.05) is 12.3 Å². The average Bonchev–Trinajstić information content (AvgIpc) is 3.14. The lowest BCUT2D eigenvalue weighted by atomic mass is 10.0. The summed E-state index contributed by atoms with van der Waals surface area (Å²) in [6.45, 7) is 4.58. The van der Waals surface area contributed by atoms with E-state index in [-0.39, 0.29) is 0 Å². The first-order chi connectivity index (χ1) is 8.05. The molecule has 0 aliphatic heterocycles. The van der Waals surface area contributed by atoms with Crippen LogP contribution in [0.2, 0.25) is 0 Å². The number of aliphatic hydroxyl groups is 1. The van der Waals surface area contributed by atoms with Gasteiger partial charge in [0.25, 0.3) is 0 Å². The van der Waals surface area contributed by atoms with E-state index in [1.807, 2.05) is 0 Å². The fourth-order valence-electron chi connectivity index (χ4n) is 2.03. The van der Waals surface area contributed by atoms with E-state index >= 15 is 0 Å². The van der Waals surface area contributed by atoms with Gasteiger partial charge in [-0.05, 0) is 44.2 Å². The third kappa shape index (κ3) is 3.03. The molecule has 0 saturated heterocycles. The number of hydrogen-bond donors (Lipinski definition) is 2. The van der Waals surface area contributed by atoms with E-state index in [0.717, 1.165) is 12.8 Å². The molecule has 2 rings (SSSR count). The highest BCUT2D eigenvalue weighted by Gasteiger charge is 2.42. The Hall–Kier alpha value is -0.510. The minimum atomic E-state index is -0.666. The molecule has 2 nitrogen and oxygen atoms in total. The summed E-state index contributed by atoms with van der Waals surface area (Å²) in [5.41, 5.74) is 7.59. The maximum atomic E-state index is 10.4. The number of nitrogens with two attached hydrogens (primary N) is 1. The van der Waals surface area contributed by atoms with Gasteiger partial charge < -0.3 is 10.8 Å². The van der Waals surface area contributed by atoms with Crippen molar-refractivity contribution in [1.82, 2.24) is 0 Å². The Labute approximate surface area is 108 Å². The lowest BCUT2D eigenvalue weighted by Crippen LogP contribution is -2.42. The Balaban J connectivity index is 2.03. The molecular weight excluding hydrogens is 230 g/mol. The molecule has 1 aliphatic carbocycles. The van der Waals surface area contributed by atoms with Crippen LogP contribution in [0.3, 0.4) is 0 Å². The van der Waals surface area contributed by atoms with E-state index in [9.17, 15) is 5.11 Å². The predicted octanol–water partition coefficient (Wildman–Crippen LogP) is 2.50. The van der Waals surface area contributed by atoms with Gasteiger partial charge in [-0.1, -0.05) is 17.7 Å². The number of rotatable bonds is 5. The molecule has 17 heavy (non-hydrogen) atoms. The molecular formula is C14H21NOS. The van der Waals surface area contributed by atoms with Crippen LogP contribution < -0.4 is 5.73 Å². The summed E-state index contributed by atoms with van der Waals surface area (Å²) in [5.74, 6) is 1.13. The quantitative estimate of drug-likeness (QED) is 0.790. The van der Waals surface area contributed by atoms with Gasteiger partial charge in [0.1, 0.15) is 0 Å². The molecule has 1 aromatic rings. The first-order valence-electron chi connectivity index (χ1n) is 6.17. The molecule has 1 aromatic carbocycles. The van der Waals surface area contributed by atoms with Crippen molar-refractivity contribution in [2.45, 2.75) is 37.2 Å². The Kier molecular flexibility index (Phi) is 3.81. The molecule has 3 N–H and O–H groups in total. The molecule has 0 heterocycles. The van der Waals surface area contributed by atoms with Crippen LogP contribution in [-0.4, -0.2) is 23.0 Å². The van der Waals surface area contributed by atoms with Gasteiger partial charge in [-0.2, -0.15) is 0 Å². The van der Waals surface area contributed by atoms with Crippen LogP contribution in [0, 0.1) is 19.8 Å². The third-order valence-electron chi connectivity index (χ3n) is 3.51. The molecule has 0 aromatic heterocycles. The lowest BCUT2D eigenvalue weighted by molar-refractivity contribution is 0.0510. The first-order valence-corrected chi connectivity index (χ1v) is 7.16. The van der Waals surface area contributed by atoms with Gasteiger partial charge in [-0.15, -0.1) is 11.8 Å². The molecule has 0 bridgehead atoms. The second kappa shape index (κ2) is 5.01. The van der Waals surface area contributed by atoms with E-state index in [0.29, 0.717) is 18.2 Å². The van der Waals surface area contributed by atoms with Crippen LogP contribution >= 0.6 is 11.8 Å². The van der Waals surface area contributed by atoms with Gasteiger partial charge in [0, 0.05) is 17.2 Å². The SMILES string of the molecule is Cc1ccc(C)c(SCC(O)(CN)C2CC2)c1. The van der Waals surface area contributed by atoms with Crippen molar-refractivity contribution < 1.29 is 5.11 Å². The Morgan fingerprint density at radius 3 is 2.71 bits per heavy atom. The van der Waals surface area contributed by atoms with Crippen LogP contribution in [0.5, 0.6) is 0 Å². The van der Waals surface area contributed by atoms with Crippen LogP contribution in [0.25, 0.3) is 0 Å². The topological polar surface area (TPSA) is 46.2 Å². The minimum absolute atomic E-state index is 0.371. The molecule has 94 valence electrons. The minimum Gasteiger partial charge on any atom is -0.387 e. The van der Waals surface area contributed by atoms with Crippen molar-refractivity contribution in [3.05, 3.63) is 29.3 Å². The molecule has 1 atom stereocenters. The summed E-state index contributed by atoms with van der Waals surface area (Å²) in [7, 11) is 0. The van der Waals surface area contributed by atoms with Gasteiger partial charge in [0.2, 0.25) is 0 Å². The van der Waals surface area contributed by atoms with Gasteiger partial charge in [0.05, 0.1) is 5.60 Å². The molecule has 0 radical (unpaired) electrons. The highest BCUT2D eigenvalue weighted by atomic mass is 32.2. The zero-order valence-electron chi connectivity index (χ0n) is 10.6. The first kappa shape index (κ1) is 12.9. The van der Waals surface area contributed by atoms with E-state index in [4.69, 9.17) is 5.73 Å². The summed E-state index contributed by atoms with van der Waals surface area (Å²) in [6.07, 6.45) is 2.25. The fourth-order valence-corrected chi connectivity index (χ4v) is 3.35.